The molecular formula is C15H17BrO2. The summed E-state index contributed by atoms with van der Waals surface area (Å²) in [6.07, 6.45) is 0.419. The number of rotatable bonds is 5. The van der Waals surface area contributed by atoms with Crippen LogP contribution in [0.2, 0.25) is 0 Å². The second-order valence-electron chi connectivity index (χ2n) is 4.34. The molecule has 0 aliphatic rings. The van der Waals surface area contributed by atoms with Gasteiger partial charge < -0.3 is 9.84 Å². The van der Waals surface area contributed by atoms with E-state index < -0.39 is 6.10 Å². The van der Waals surface area contributed by atoms with Crippen molar-refractivity contribution in [2.45, 2.75) is 19.4 Å². The second-order valence-corrected chi connectivity index (χ2v) is 5.26. The highest BCUT2D eigenvalue weighted by atomic mass is 79.9. The molecular weight excluding hydrogens is 292 g/mol. The van der Waals surface area contributed by atoms with E-state index >= 15 is 0 Å². The lowest BCUT2D eigenvalue weighted by atomic mass is 10.0. The van der Waals surface area contributed by atoms with Crippen LogP contribution < -0.4 is 0 Å². The molecule has 18 heavy (non-hydrogen) atoms. The second kappa shape index (κ2) is 6.32. The summed E-state index contributed by atoms with van der Waals surface area (Å²) in [6.45, 7) is 3.10. The smallest absolute Gasteiger partial charge is 0.102 e. The fourth-order valence-electron chi connectivity index (χ4n) is 1.88. The average Bonchev–Trinajstić information content (AvgIpc) is 2.38. The molecule has 2 aromatic carbocycles. The van der Waals surface area contributed by atoms with Crippen LogP contribution in [0, 0.1) is 0 Å². The first-order chi connectivity index (χ1) is 8.70. The summed E-state index contributed by atoms with van der Waals surface area (Å²) in [7, 11) is 0. The van der Waals surface area contributed by atoms with Crippen molar-refractivity contribution in [2.75, 3.05) is 13.2 Å². The first kappa shape index (κ1) is 13.5. The number of ether oxygens (including phenoxy) is 1. The van der Waals surface area contributed by atoms with Gasteiger partial charge in [0, 0.05) is 11.1 Å². The lowest BCUT2D eigenvalue weighted by Crippen LogP contribution is -2.07. The van der Waals surface area contributed by atoms with Crippen molar-refractivity contribution in [3.8, 4) is 0 Å². The highest BCUT2D eigenvalue weighted by molar-refractivity contribution is 9.10. The van der Waals surface area contributed by atoms with Gasteiger partial charge in [0.2, 0.25) is 0 Å². The van der Waals surface area contributed by atoms with Crippen molar-refractivity contribution in [1.82, 2.24) is 0 Å². The minimum absolute atomic E-state index is 0.357. The Bertz CT molecular complexity index is 525. The molecule has 1 atom stereocenters. The van der Waals surface area contributed by atoms with E-state index in [0.717, 1.165) is 27.2 Å². The van der Waals surface area contributed by atoms with Crippen molar-refractivity contribution in [1.29, 1.82) is 0 Å². The molecule has 0 aliphatic carbocycles. The average molecular weight is 309 g/mol. The van der Waals surface area contributed by atoms with Gasteiger partial charge in [0.25, 0.3) is 0 Å². The topological polar surface area (TPSA) is 29.5 Å². The Labute approximate surface area is 116 Å². The molecule has 0 spiro atoms. The van der Waals surface area contributed by atoms with Gasteiger partial charge in [0.1, 0.15) is 6.10 Å². The Balaban J connectivity index is 2.16. The zero-order valence-electron chi connectivity index (χ0n) is 10.4. The van der Waals surface area contributed by atoms with Gasteiger partial charge in [-0.15, -0.1) is 0 Å². The molecule has 0 bridgehead atoms. The van der Waals surface area contributed by atoms with Crippen LogP contribution in [0.5, 0.6) is 0 Å². The Hall–Kier alpha value is -0.900. The van der Waals surface area contributed by atoms with E-state index in [2.05, 4.69) is 28.9 Å². The standard InChI is InChI=1S/C15H17BrO2/c1-2-7-18-10-15(17)13-4-3-12-9-14(16)6-5-11(12)8-13/h3-6,8-9,15,17H,2,7,10H2,1H3. The van der Waals surface area contributed by atoms with Crippen molar-refractivity contribution in [3.63, 3.8) is 0 Å². The van der Waals surface area contributed by atoms with Gasteiger partial charge in [-0.2, -0.15) is 0 Å². The van der Waals surface area contributed by atoms with Crippen LogP contribution >= 0.6 is 15.9 Å². The van der Waals surface area contributed by atoms with Crippen molar-refractivity contribution >= 4 is 26.7 Å². The van der Waals surface area contributed by atoms with Gasteiger partial charge in [0.15, 0.2) is 0 Å². The Morgan fingerprint density at radius 1 is 1.17 bits per heavy atom. The molecule has 0 heterocycles. The van der Waals surface area contributed by atoms with E-state index in [1.165, 1.54) is 0 Å². The Morgan fingerprint density at radius 3 is 2.67 bits per heavy atom. The van der Waals surface area contributed by atoms with Crippen LogP contribution in [0.15, 0.2) is 40.9 Å². The van der Waals surface area contributed by atoms with E-state index in [1.54, 1.807) is 0 Å². The molecule has 0 radical (unpaired) electrons. The summed E-state index contributed by atoms with van der Waals surface area (Å²) in [6, 6.07) is 12.1. The molecule has 1 N–H and O–H groups in total. The van der Waals surface area contributed by atoms with E-state index in [0.29, 0.717) is 13.2 Å². The maximum absolute atomic E-state index is 10.0. The third-order valence-corrected chi connectivity index (χ3v) is 3.33. The zero-order chi connectivity index (χ0) is 13.0. The first-order valence-corrected chi connectivity index (χ1v) is 6.95. The van der Waals surface area contributed by atoms with E-state index in [1.807, 2.05) is 30.3 Å². The molecule has 0 amide bonds. The molecule has 0 fully saturated rings. The summed E-state index contributed by atoms with van der Waals surface area (Å²) >= 11 is 3.45. The number of halogens is 1. The van der Waals surface area contributed by atoms with E-state index in [4.69, 9.17) is 4.74 Å². The van der Waals surface area contributed by atoms with Crippen LogP contribution in [-0.2, 0) is 4.74 Å². The normalized spacial score (nSPS) is 12.8. The Morgan fingerprint density at radius 2 is 1.89 bits per heavy atom. The summed E-state index contributed by atoms with van der Waals surface area (Å²) in [4.78, 5) is 0. The lowest BCUT2D eigenvalue weighted by molar-refractivity contribution is 0.0364. The Kier molecular flexibility index (Phi) is 4.75. The quantitative estimate of drug-likeness (QED) is 0.844. The van der Waals surface area contributed by atoms with Crippen LogP contribution in [0.25, 0.3) is 10.8 Å². The number of hydrogen-bond acceptors (Lipinski definition) is 2. The van der Waals surface area contributed by atoms with Gasteiger partial charge in [-0.3, -0.25) is 0 Å². The van der Waals surface area contributed by atoms with Crippen LogP contribution in [0.3, 0.4) is 0 Å². The maximum Gasteiger partial charge on any atom is 0.102 e. The van der Waals surface area contributed by atoms with Gasteiger partial charge in [-0.1, -0.05) is 41.1 Å². The molecule has 2 aromatic rings. The highest BCUT2D eigenvalue weighted by Crippen LogP contribution is 2.23. The van der Waals surface area contributed by atoms with E-state index in [-0.39, 0.29) is 0 Å². The number of aliphatic hydroxyl groups is 1. The predicted octanol–water partition coefficient (Wildman–Crippen LogP) is 4.06. The molecule has 0 aromatic heterocycles. The third kappa shape index (κ3) is 3.31. The van der Waals surface area contributed by atoms with Crippen molar-refractivity contribution in [3.05, 3.63) is 46.4 Å². The summed E-state index contributed by atoms with van der Waals surface area (Å²) in [5, 5.41) is 12.3. The summed E-state index contributed by atoms with van der Waals surface area (Å²) in [5.41, 5.74) is 0.904. The molecule has 0 saturated heterocycles. The largest absolute Gasteiger partial charge is 0.386 e. The van der Waals surface area contributed by atoms with E-state index in [9.17, 15) is 5.11 Å². The van der Waals surface area contributed by atoms with Gasteiger partial charge in [-0.25, -0.2) is 0 Å². The number of benzene rings is 2. The zero-order valence-corrected chi connectivity index (χ0v) is 12.0. The van der Waals surface area contributed by atoms with Gasteiger partial charge >= 0.3 is 0 Å². The number of aliphatic hydroxyl groups excluding tert-OH is 1. The number of hydrogen-bond donors (Lipinski definition) is 1. The van der Waals surface area contributed by atoms with Crippen molar-refractivity contribution in [2.24, 2.45) is 0 Å². The molecule has 2 nitrogen and oxygen atoms in total. The van der Waals surface area contributed by atoms with Gasteiger partial charge in [-0.05, 0) is 41.0 Å². The minimum atomic E-state index is -0.551. The van der Waals surface area contributed by atoms with Crippen LogP contribution in [0.4, 0.5) is 0 Å². The van der Waals surface area contributed by atoms with Crippen LogP contribution in [-0.4, -0.2) is 18.3 Å². The predicted molar refractivity (Wildman–Crippen MR) is 77.7 cm³/mol. The number of fused-ring (bicyclic) bond motifs is 1. The fraction of sp³-hybridized carbons (Fsp3) is 0.333. The maximum atomic E-state index is 10.0. The highest BCUT2D eigenvalue weighted by Gasteiger charge is 2.08. The first-order valence-electron chi connectivity index (χ1n) is 6.15. The third-order valence-electron chi connectivity index (χ3n) is 2.84. The molecule has 0 aliphatic heterocycles. The molecule has 96 valence electrons. The van der Waals surface area contributed by atoms with Crippen LogP contribution in [0.1, 0.15) is 25.0 Å². The fourth-order valence-corrected chi connectivity index (χ4v) is 2.26. The molecule has 3 heteroatoms. The molecule has 0 saturated carbocycles. The monoisotopic (exact) mass is 308 g/mol. The lowest BCUT2D eigenvalue weighted by Gasteiger charge is -2.12. The van der Waals surface area contributed by atoms with Gasteiger partial charge in [0.05, 0.1) is 6.61 Å². The minimum Gasteiger partial charge on any atom is -0.386 e. The molecule has 1 unspecified atom stereocenters. The molecule has 2 rings (SSSR count). The summed E-state index contributed by atoms with van der Waals surface area (Å²) < 4.78 is 6.44. The van der Waals surface area contributed by atoms with Crippen molar-refractivity contribution < 1.29 is 9.84 Å². The SMILES string of the molecule is CCCOCC(O)c1ccc2cc(Br)ccc2c1. The summed E-state index contributed by atoms with van der Waals surface area (Å²) in [5.74, 6) is 0.